The second-order valence-electron chi connectivity index (χ2n) is 5.27. The Morgan fingerprint density at radius 3 is 3.00 bits per heavy atom. The maximum absolute atomic E-state index is 4.24. The molecule has 1 fully saturated rings. The normalized spacial score (nSPS) is 28.6. The van der Waals surface area contributed by atoms with Gasteiger partial charge in [0.1, 0.15) is 0 Å². The van der Waals surface area contributed by atoms with Crippen molar-refractivity contribution in [2.24, 2.45) is 16.8 Å². The van der Waals surface area contributed by atoms with E-state index in [4.69, 9.17) is 0 Å². The van der Waals surface area contributed by atoms with E-state index in [1.165, 1.54) is 35.9 Å². The van der Waals surface area contributed by atoms with E-state index in [1.807, 2.05) is 18.8 Å². The molecule has 0 aromatic rings. The van der Waals surface area contributed by atoms with Gasteiger partial charge >= 0.3 is 0 Å². The highest BCUT2D eigenvalue weighted by Crippen LogP contribution is 2.42. The van der Waals surface area contributed by atoms with Crippen LogP contribution in [0.1, 0.15) is 19.8 Å². The van der Waals surface area contributed by atoms with Crippen molar-refractivity contribution in [2.75, 3.05) is 39.0 Å². The maximum atomic E-state index is 4.24. The molecule has 0 aromatic carbocycles. The lowest BCUT2D eigenvalue weighted by molar-refractivity contribution is 0.303. The first-order valence-electron chi connectivity index (χ1n) is 6.97. The summed E-state index contributed by atoms with van der Waals surface area (Å²) >= 11 is 2.03. The van der Waals surface area contributed by atoms with Gasteiger partial charge in [0, 0.05) is 23.7 Å². The van der Waals surface area contributed by atoms with Gasteiger partial charge in [-0.3, -0.25) is 9.89 Å². The first-order chi connectivity index (χ1) is 8.78. The Hall–Kier alpha value is -0.320. The standard InChI is InChI=1S/C14H25N3S/c1-4-17-6-5-14(13(9-17)16-3)18-10-12-7-11(12)8-15-2/h11-12,15H,3-10H2,1-2H3. The first-order valence-corrected chi connectivity index (χ1v) is 7.95. The van der Waals surface area contributed by atoms with Crippen molar-refractivity contribution in [3.05, 3.63) is 10.6 Å². The number of hydrogen-bond acceptors (Lipinski definition) is 4. The van der Waals surface area contributed by atoms with Crippen LogP contribution in [-0.4, -0.2) is 50.6 Å². The molecule has 2 aliphatic rings. The summed E-state index contributed by atoms with van der Waals surface area (Å²) in [5.41, 5.74) is 1.22. The molecule has 1 aliphatic heterocycles. The van der Waals surface area contributed by atoms with Gasteiger partial charge in [-0.1, -0.05) is 6.92 Å². The first kappa shape index (κ1) is 14.1. The molecule has 1 saturated carbocycles. The van der Waals surface area contributed by atoms with Crippen LogP contribution in [0.4, 0.5) is 0 Å². The Morgan fingerprint density at radius 1 is 1.50 bits per heavy atom. The minimum atomic E-state index is 0.916. The number of aliphatic imine (C=N–C) groups is 1. The predicted octanol–water partition coefficient (Wildman–Crippen LogP) is 2.21. The van der Waals surface area contributed by atoms with E-state index in [0.29, 0.717) is 0 Å². The Morgan fingerprint density at radius 2 is 2.33 bits per heavy atom. The molecular formula is C14H25N3S. The lowest BCUT2D eigenvalue weighted by Crippen LogP contribution is -2.30. The van der Waals surface area contributed by atoms with E-state index in [9.17, 15) is 0 Å². The molecule has 0 radical (unpaired) electrons. The van der Waals surface area contributed by atoms with Crippen LogP contribution in [0.15, 0.2) is 15.6 Å². The van der Waals surface area contributed by atoms with Crippen LogP contribution in [0.25, 0.3) is 0 Å². The molecule has 2 rings (SSSR count). The van der Waals surface area contributed by atoms with Crippen LogP contribution in [0.3, 0.4) is 0 Å². The molecular weight excluding hydrogens is 242 g/mol. The van der Waals surface area contributed by atoms with Gasteiger partial charge in [-0.15, -0.1) is 11.8 Å². The molecule has 1 heterocycles. The number of rotatable bonds is 7. The molecule has 2 unspecified atom stereocenters. The molecule has 2 atom stereocenters. The molecule has 0 saturated heterocycles. The highest BCUT2D eigenvalue weighted by Gasteiger charge is 2.36. The zero-order valence-electron chi connectivity index (χ0n) is 11.6. The summed E-state index contributed by atoms with van der Waals surface area (Å²) in [5.74, 6) is 3.11. The summed E-state index contributed by atoms with van der Waals surface area (Å²) in [6.45, 7) is 10.4. The van der Waals surface area contributed by atoms with Gasteiger partial charge in [0.15, 0.2) is 0 Å². The molecule has 1 N–H and O–H groups in total. The summed E-state index contributed by atoms with van der Waals surface area (Å²) in [7, 11) is 2.05. The van der Waals surface area contributed by atoms with Crippen LogP contribution < -0.4 is 5.32 Å². The topological polar surface area (TPSA) is 27.6 Å². The third kappa shape index (κ3) is 3.59. The molecule has 1 aliphatic carbocycles. The predicted molar refractivity (Wildman–Crippen MR) is 81.3 cm³/mol. The second-order valence-corrected chi connectivity index (χ2v) is 6.39. The number of thioether (sulfide) groups is 1. The van der Waals surface area contributed by atoms with Crippen molar-refractivity contribution in [3.63, 3.8) is 0 Å². The van der Waals surface area contributed by atoms with E-state index in [1.54, 1.807) is 0 Å². The molecule has 0 bridgehead atoms. The summed E-state index contributed by atoms with van der Waals surface area (Å²) in [5, 5.41) is 3.27. The lowest BCUT2D eigenvalue weighted by atomic mass is 10.2. The van der Waals surface area contributed by atoms with E-state index in [2.05, 4.69) is 28.9 Å². The van der Waals surface area contributed by atoms with Gasteiger partial charge in [-0.2, -0.15) is 0 Å². The second kappa shape index (κ2) is 6.73. The van der Waals surface area contributed by atoms with Gasteiger partial charge in [0.05, 0.1) is 5.70 Å². The fourth-order valence-electron chi connectivity index (χ4n) is 2.58. The quantitative estimate of drug-likeness (QED) is 0.717. The Labute approximate surface area is 115 Å². The van der Waals surface area contributed by atoms with E-state index < -0.39 is 0 Å². The number of hydrogen-bond donors (Lipinski definition) is 1. The average Bonchev–Trinajstić information content (AvgIpc) is 3.15. The van der Waals surface area contributed by atoms with E-state index in [-0.39, 0.29) is 0 Å². The molecule has 18 heavy (non-hydrogen) atoms. The minimum absolute atomic E-state index is 0.916. The van der Waals surface area contributed by atoms with Crippen LogP contribution in [-0.2, 0) is 0 Å². The Bertz CT molecular complexity index is 327. The summed E-state index contributed by atoms with van der Waals surface area (Å²) in [4.78, 5) is 8.17. The van der Waals surface area contributed by atoms with Crippen LogP contribution in [0.2, 0.25) is 0 Å². The third-order valence-corrected chi connectivity index (χ3v) is 5.38. The number of likely N-dealkylation sites (N-methyl/N-ethyl adjacent to an activating group) is 1. The van der Waals surface area contributed by atoms with Gasteiger partial charge in [-0.05, 0) is 51.5 Å². The van der Waals surface area contributed by atoms with Crippen molar-refractivity contribution in [1.29, 1.82) is 0 Å². The summed E-state index contributed by atoms with van der Waals surface area (Å²) in [6, 6.07) is 0. The van der Waals surface area contributed by atoms with Gasteiger partial charge in [0.2, 0.25) is 0 Å². The van der Waals surface area contributed by atoms with Crippen molar-refractivity contribution >= 4 is 18.5 Å². The highest BCUT2D eigenvalue weighted by atomic mass is 32.2. The minimum Gasteiger partial charge on any atom is -0.319 e. The zero-order chi connectivity index (χ0) is 13.0. The smallest absolute Gasteiger partial charge is 0.0631 e. The van der Waals surface area contributed by atoms with Crippen LogP contribution in [0.5, 0.6) is 0 Å². The number of nitrogens with one attached hydrogen (secondary N) is 1. The lowest BCUT2D eigenvalue weighted by Gasteiger charge is -2.27. The maximum Gasteiger partial charge on any atom is 0.0631 e. The monoisotopic (exact) mass is 267 g/mol. The zero-order valence-corrected chi connectivity index (χ0v) is 12.4. The van der Waals surface area contributed by atoms with Crippen molar-refractivity contribution in [1.82, 2.24) is 10.2 Å². The SMILES string of the molecule is C=NC1=C(SCC2CC2CNC)CCN(CC)C1. The van der Waals surface area contributed by atoms with Crippen molar-refractivity contribution in [3.8, 4) is 0 Å². The van der Waals surface area contributed by atoms with Crippen LogP contribution in [0, 0.1) is 11.8 Å². The fourth-order valence-corrected chi connectivity index (χ4v) is 3.94. The van der Waals surface area contributed by atoms with Crippen LogP contribution >= 0.6 is 11.8 Å². The molecule has 3 nitrogen and oxygen atoms in total. The summed E-state index contributed by atoms with van der Waals surface area (Å²) < 4.78 is 0. The van der Waals surface area contributed by atoms with E-state index in [0.717, 1.165) is 31.3 Å². The fraction of sp³-hybridized carbons (Fsp3) is 0.786. The Balaban J connectivity index is 1.81. The molecule has 0 spiro atoms. The largest absolute Gasteiger partial charge is 0.319 e. The van der Waals surface area contributed by atoms with Gasteiger partial charge < -0.3 is 5.32 Å². The summed E-state index contributed by atoms with van der Waals surface area (Å²) in [6.07, 6.45) is 2.56. The highest BCUT2D eigenvalue weighted by molar-refractivity contribution is 8.03. The van der Waals surface area contributed by atoms with E-state index >= 15 is 0 Å². The molecule has 4 heteroatoms. The molecule has 0 aromatic heterocycles. The number of nitrogens with zero attached hydrogens (tertiary/aromatic N) is 2. The van der Waals surface area contributed by atoms with Crippen molar-refractivity contribution in [2.45, 2.75) is 19.8 Å². The third-order valence-electron chi connectivity index (χ3n) is 4.00. The Kier molecular flexibility index (Phi) is 5.27. The molecule has 0 amide bonds. The van der Waals surface area contributed by atoms with Gasteiger partial charge in [0.25, 0.3) is 0 Å². The van der Waals surface area contributed by atoms with Gasteiger partial charge in [-0.25, -0.2) is 0 Å². The average molecular weight is 267 g/mol. The van der Waals surface area contributed by atoms with Crippen molar-refractivity contribution < 1.29 is 0 Å². The molecule has 102 valence electrons.